The van der Waals surface area contributed by atoms with E-state index in [-0.39, 0.29) is 38.8 Å². The molecule has 4 N–H and O–H groups in total. The average Bonchev–Trinajstić information content (AvgIpc) is 1.64. The van der Waals surface area contributed by atoms with Crippen molar-refractivity contribution in [3.63, 3.8) is 0 Å². The van der Waals surface area contributed by atoms with Crippen molar-refractivity contribution in [3.8, 4) is 0 Å². The highest BCUT2D eigenvalue weighted by Crippen LogP contribution is 2.27. The number of carbonyl (C=O) groups excluding carboxylic acids is 7. The molecule has 2 heterocycles. The topological polar surface area (TPSA) is 392 Å². The number of imide groups is 1. The number of amides is 6. The van der Waals surface area contributed by atoms with E-state index < -0.39 is 94.6 Å². The third-order valence-electron chi connectivity index (χ3n) is 14.5. The van der Waals surface area contributed by atoms with E-state index >= 15 is 0 Å². The molecule has 4 atom stereocenters. The Morgan fingerprint density at radius 1 is 0.535 bits per heavy atom. The SMILES string of the molecule is CCC(=O)OCc1ccc(NC(=O)[C@H](C)NC(=O)[C@@H](NC(=O)CN2C(=O)[C@@H](N3C(=O)C=CC3=O)C[C@H]2COCCS(=O)(=O)O)C(C)C)cc1CCCOCCOCCOCCOCCOCCOCCOCCOCCOCCOCOCCOCCOCCOCCOCCOCCOC. The van der Waals surface area contributed by atoms with Gasteiger partial charge in [0.25, 0.3) is 21.9 Å². The van der Waals surface area contributed by atoms with Crippen LogP contribution in [0.25, 0.3) is 0 Å². The van der Waals surface area contributed by atoms with Gasteiger partial charge in [0.05, 0.1) is 230 Å². The molecule has 0 spiro atoms. The second-order valence-corrected chi connectivity index (χ2v) is 24.3. The number of benzene rings is 1. The second-order valence-electron chi connectivity index (χ2n) is 22.7. The van der Waals surface area contributed by atoms with Crippen molar-refractivity contribution >= 4 is 57.2 Å². The summed E-state index contributed by atoms with van der Waals surface area (Å²) < 4.78 is 135. The molecule has 6 amide bonds. The molecular weight excluding hydrogens is 1360 g/mol. The zero-order valence-electron chi connectivity index (χ0n) is 59.4. The summed E-state index contributed by atoms with van der Waals surface area (Å²) in [4.78, 5) is 93.1. The van der Waals surface area contributed by atoms with Crippen LogP contribution >= 0.6 is 0 Å². The maximum absolute atomic E-state index is 13.6. The van der Waals surface area contributed by atoms with Gasteiger partial charge >= 0.3 is 5.97 Å². The van der Waals surface area contributed by atoms with E-state index in [2.05, 4.69) is 16.0 Å². The van der Waals surface area contributed by atoms with Crippen molar-refractivity contribution in [1.29, 1.82) is 0 Å². The fourth-order valence-electron chi connectivity index (χ4n) is 9.17. The second kappa shape index (κ2) is 58.0. The van der Waals surface area contributed by atoms with Gasteiger partial charge in [-0.1, -0.05) is 26.8 Å². The van der Waals surface area contributed by atoms with Crippen molar-refractivity contribution < 1.29 is 137 Å². The number of carbonyl (C=O) groups is 7. The molecule has 0 saturated carbocycles. The summed E-state index contributed by atoms with van der Waals surface area (Å²) in [5.74, 6) is -5.88. The molecule has 0 unspecified atom stereocenters. The summed E-state index contributed by atoms with van der Waals surface area (Å²) >= 11 is 0. The lowest BCUT2D eigenvalue weighted by Gasteiger charge is -2.27. The zero-order chi connectivity index (χ0) is 73.4. The van der Waals surface area contributed by atoms with Crippen LogP contribution in [0.1, 0.15) is 58.1 Å². The van der Waals surface area contributed by atoms with Gasteiger partial charge in [0, 0.05) is 44.4 Å². The highest BCUT2D eigenvalue weighted by atomic mass is 32.2. The number of hydrogen-bond acceptors (Lipinski definition) is 28. The molecular formula is C66H111N5O29S. The van der Waals surface area contributed by atoms with Gasteiger partial charge in [-0.05, 0) is 48.9 Å². The quantitative estimate of drug-likeness (QED) is 0.0224. The number of rotatable bonds is 68. The molecule has 34 nitrogen and oxygen atoms in total. The van der Waals surface area contributed by atoms with Gasteiger partial charge in [0.15, 0.2) is 0 Å². The fraction of sp³-hybridized carbons (Fsp3) is 0.773. The van der Waals surface area contributed by atoms with E-state index in [4.69, 9.17) is 94.6 Å². The highest BCUT2D eigenvalue weighted by molar-refractivity contribution is 7.85. The number of anilines is 1. The fourth-order valence-corrected chi connectivity index (χ4v) is 9.50. The van der Waals surface area contributed by atoms with Gasteiger partial charge in [-0.25, -0.2) is 0 Å². The Balaban J connectivity index is 1.14. The number of esters is 1. The number of likely N-dealkylation sites (tertiary alicyclic amines) is 1. The summed E-state index contributed by atoms with van der Waals surface area (Å²) in [6.45, 7) is 19.1. The summed E-state index contributed by atoms with van der Waals surface area (Å²) in [6, 6.07) is 0.673. The van der Waals surface area contributed by atoms with Crippen molar-refractivity contribution in [2.45, 2.75) is 84.2 Å². The van der Waals surface area contributed by atoms with Crippen LogP contribution in [0.5, 0.6) is 0 Å². The van der Waals surface area contributed by atoms with Crippen LogP contribution in [0.3, 0.4) is 0 Å². The van der Waals surface area contributed by atoms with Crippen LogP contribution in [0.2, 0.25) is 0 Å². The molecule has 1 saturated heterocycles. The minimum absolute atomic E-state index is 0.0161. The van der Waals surface area contributed by atoms with Crippen LogP contribution < -0.4 is 16.0 Å². The molecule has 3 rings (SSSR count). The summed E-state index contributed by atoms with van der Waals surface area (Å²) in [5.41, 5.74) is 1.93. The lowest BCUT2D eigenvalue weighted by molar-refractivity contribution is -0.147. The number of ether oxygens (including phenoxy) is 19. The predicted octanol–water partition coefficient (Wildman–Crippen LogP) is 0.325. The van der Waals surface area contributed by atoms with Gasteiger partial charge in [0.2, 0.25) is 23.6 Å². The Kier molecular flexibility index (Phi) is 51.6. The van der Waals surface area contributed by atoms with Crippen LogP contribution in [-0.4, -0.2) is 333 Å². The van der Waals surface area contributed by atoms with E-state index in [1.807, 2.05) is 0 Å². The first-order chi connectivity index (χ1) is 48.9. The number of aryl methyl sites for hydroxylation is 1. The maximum Gasteiger partial charge on any atom is 0.305 e. The van der Waals surface area contributed by atoms with Crippen molar-refractivity contribution in [2.24, 2.45) is 5.92 Å². The normalized spacial score (nSPS) is 15.3. The standard InChI is InChI=1S/C66H111N5O29S/c1-6-62(75)100-49-55-9-10-56(68-64(76)53(4)67-65(77)63(52(2)3)69-59(72)48-70-57(50-97-44-45-101(79,80)81)47-58(66(70)78)71-60(73)11-12-61(71)74)46-54(55)8-7-13-83-16-17-85-20-21-87-24-25-89-26-27-90-28-29-91-30-31-92-33-35-94-37-39-96-41-43-99-51-98-42-40-95-38-36-93-34-32-88-23-22-86-19-18-84-15-14-82-5/h9-12,46,52-53,57-58,63H,6-8,13-45,47-51H2,1-5H3,(H,67,77)(H,68,76)(H,69,72)(H,79,80,81)/t53-,57-,58-,63-/m0/s1. The third kappa shape index (κ3) is 44.1. The number of methoxy groups -OCH3 is 1. The van der Waals surface area contributed by atoms with Crippen molar-refractivity contribution in [2.75, 3.05) is 250 Å². The Labute approximate surface area is 593 Å². The minimum atomic E-state index is -4.36. The number of hydrogen-bond donors (Lipinski definition) is 4. The Morgan fingerprint density at radius 2 is 0.950 bits per heavy atom. The van der Waals surface area contributed by atoms with Gasteiger partial charge in [-0.3, -0.25) is 43.0 Å². The van der Waals surface area contributed by atoms with E-state index in [9.17, 15) is 42.0 Å². The monoisotopic (exact) mass is 1470 g/mol. The van der Waals surface area contributed by atoms with Crippen molar-refractivity contribution in [3.05, 3.63) is 41.5 Å². The molecule has 1 fully saturated rings. The van der Waals surface area contributed by atoms with Gasteiger partial charge in [-0.2, -0.15) is 8.42 Å². The van der Waals surface area contributed by atoms with Crippen LogP contribution in [0, 0.1) is 5.92 Å². The first-order valence-corrected chi connectivity index (χ1v) is 35.9. The molecule has 0 aromatic heterocycles. The number of nitrogens with zero attached hydrogens (tertiary/aromatic N) is 2. The third-order valence-corrected chi connectivity index (χ3v) is 15.2. The molecule has 580 valence electrons. The van der Waals surface area contributed by atoms with E-state index in [1.54, 1.807) is 46.1 Å². The van der Waals surface area contributed by atoms with Crippen LogP contribution in [0.15, 0.2) is 30.4 Å². The van der Waals surface area contributed by atoms with E-state index in [0.717, 1.165) is 33.1 Å². The zero-order valence-corrected chi connectivity index (χ0v) is 60.3. The van der Waals surface area contributed by atoms with Gasteiger partial charge < -0.3 is 111 Å². The van der Waals surface area contributed by atoms with Gasteiger partial charge in [-0.15, -0.1) is 0 Å². The number of nitrogens with one attached hydrogen (secondary N) is 3. The largest absolute Gasteiger partial charge is 0.461 e. The lowest BCUT2D eigenvalue weighted by atomic mass is 10.0. The molecule has 2 aliphatic rings. The Hall–Kier alpha value is -5.36. The molecule has 1 aromatic carbocycles. The molecule has 2 aliphatic heterocycles. The van der Waals surface area contributed by atoms with Gasteiger partial charge in [0.1, 0.15) is 31.5 Å². The Bertz CT molecular complexity index is 2560. The van der Waals surface area contributed by atoms with E-state index in [1.165, 1.54) is 6.92 Å². The Morgan fingerprint density at radius 3 is 1.36 bits per heavy atom. The molecule has 1 aromatic rings. The average molecular weight is 1470 g/mol. The molecule has 0 aliphatic carbocycles. The minimum Gasteiger partial charge on any atom is -0.461 e. The summed E-state index contributed by atoms with van der Waals surface area (Å²) in [6.07, 6.45) is 3.18. The van der Waals surface area contributed by atoms with Crippen LogP contribution in [0.4, 0.5) is 5.69 Å². The van der Waals surface area contributed by atoms with E-state index in [0.29, 0.717) is 223 Å². The molecule has 35 heteroatoms. The highest BCUT2D eigenvalue weighted by Gasteiger charge is 2.47. The lowest BCUT2D eigenvalue weighted by Crippen LogP contribution is -2.56. The summed E-state index contributed by atoms with van der Waals surface area (Å²) in [5, 5.41) is 8.05. The molecule has 0 radical (unpaired) electrons. The first kappa shape index (κ1) is 89.9. The van der Waals surface area contributed by atoms with Crippen LogP contribution in [-0.2, 0) is 147 Å². The smallest absolute Gasteiger partial charge is 0.305 e. The van der Waals surface area contributed by atoms with Crippen molar-refractivity contribution in [1.82, 2.24) is 20.4 Å². The molecule has 0 bridgehead atoms. The predicted molar refractivity (Wildman–Crippen MR) is 360 cm³/mol. The summed E-state index contributed by atoms with van der Waals surface area (Å²) in [7, 11) is -2.73. The first-order valence-electron chi connectivity index (χ1n) is 34.2. The maximum atomic E-state index is 13.6. The molecule has 101 heavy (non-hydrogen) atoms.